The average Bonchev–Trinajstić information content (AvgIpc) is 2.85. The van der Waals surface area contributed by atoms with Gasteiger partial charge in [-0.3, -0.25) is 9.59 Å². The lowest BCUT2D eigenvalue weighted by molar-refractivity contribution is -0.125. The zero-order chi connectivity index (χ0) is 20.0. The van der Waals surface area contributed by atoms with E-state index in [4.69, 9.17) is 4.74 Å². The third-order valence-corrected chi connectivity index (χ3v) is 4.49. The van der Waals surface area contributed by atoms with Gasteiger partial charge in [-0.1, -0.05) is 15.9 Å². The number of hydrogen-bond acceptors (Lipinski definition) is 4. The lowest BCUT2D eigenvalue weighted by Gasteiger charge is -2.26. The van der Waals surface area contributed by atoms with E-state index in [0.29, 0.717) is 38.2 Å². The van der Waals surface area contributed by atoms with Crippen molar-refractivity contribution in [2.75, 3.05) is 26.2 Å². The Bertz CT molecular complexity index is 722. The third-order valence-electron chi connectivity index (χ3n) is 3.97. The minimum atomic E-state index is -0.547. The Morgan fingerprint density at radius 1 is 0.963 bits per heavy atom. The lowest BCUT2D eigenvalue weighted by atomic mass is 10.1. The Morgan fingerprint density at radius 3 is 2.19 bits per heavy atom. The molecule has 6 nitrogen and oxygen atoms in total. The molecule has 27 heavy (non-hydrogen) atoms. The molecule has 0 aliphatic carbocycles. The number of hydrogen-bond donors (Lipinski definition) is 0. The quantitative estimate of drug-likeness (QED) is 0.535. The number of halogens is 1. The van der Waals surface area contributed by atoms with Crippen molar-refractivity contribution in [2.45, 2.75) is 32.8 Å². The number of amides is 2. The van der Waals surface area contributed by atoms with Crippen molar-refractivity contribution in [3.63, 3.8) is 0 Å². The smallest absolute Gasteiger partial charge is 0.410 e. The second-order valence-electron chi connectivity index (χ2n) is 7.35. The normalized spacial score (nSPS) is 15.6. The number of ether oxygens (including phenoxy) is 1. The first-order valence-corrected chi connectivity index (χ1v) is 9.70. The number of carbonyl (C=O) groups is 3. The Morgan fingerprint density at radius 2 is 1.56 bits per heavy atom. The first kappa shape index (κ1) is 21.2. The van der Waals surface area contributed by atoms with E-state index in [1.54, 1.807) is 34.1 Å². The molecule has 0 radical (unpaired) electrons. The van der Waals surface area contributed by atoms with Crippen LogP contribution >= 0.6 is 15.9 Å². The highest BCUT2D eigenvalue weighted by atomic mass is 79.9. The third kappa shape index (κ3) is 6.82. The van der Waals surface area contributed by atoms with E-state index in [2.05, 4.69) is 15.9 Å². The summed E-state index contributed by atoms with van der Waals surface area (Å²) in [5.74, 6) is -0.451. The zero-order valence-corrected chi connectivity index (χ0v) is 17.5. The van der Waals surface area contributed by atoms with Gasteiger partial charge in [0.15, 0.2) is 5.78 Å². The largest absolute Gasteiger partial charge is 0.444 e. The number of rotatable bonds is 3. The van der Waals surface area contributed by atoms with Crippen molar-refractivity contribution in [2.24, 2.45) is 0 Å². The van der Waals surface area contributed by atoms with E-state index in [0.717, 1.165) is 4.47 Å². The first-order chi connectivity index (χ1) is 12.7. The summed E-state index contributed by atoms with van der Waals surface area (Å²) >= 11 is 3.32. The van der Waals surface area contributed by atoms with Gasteiger partial charge in [-0.05, 0) is 57.5 Å². The van der Waals surface area contributed by atoms with Gasteiger partial charge in [-0.2, -0.15) is 0 Å². The summed E-state index contributed by atoms with van der Waals surface area (Å²) in [6.07, 6.45) is 2.90. The van der Waals surface area contributed by atoms with Gasteiger partial charge in [-0.15, -0.1) is 0 Å². The predicted molar refractivity (Wildman–Crippen MR) is 107 cm³/mol. The fourth-order valence-electron chi connectivity index (χ4n) is 2.61. The van der Waals surface area contributed by atoms with Crippen LogP contribution in [0.15, 0.2) is 40.9 Å². The number of benzene rings is 1. The molecule has 1 heterocycles. The molecular formula is C20H25BrN2O4. The van der Waals surface area contributed by atoms with Crippen LogP contribution < -0.4 is 0 Å². The molecule has 0 atom stereocenters. The van der Waals surface area contributed by atoms with Gasteiger partial charge < -0.3 is 14.5 Å². The molecule has 1 fully saturated rings. The minimum Gasteiger partial charge on any atom is -0.444 e. The zero-order valence-electron chi connectivity index (χ0n) is 15.9. The fourth-order valence-corrected chi connectivity index (χ4v) is 2.87. The van der Waals surface area contributed by atoms with Gasteiger partial charge in [0.2, 0.25) is 5.91 Å². The molecule has 1 saturated heterocycles. The molecule has 1 aliphatic rings. The van der Waals surface area contributed by atoms with E-state index in [1.165, 1.54) is 12.2 Å². The van der Waals surface area contributed by atoms with Gasteiger partial charge in [0, 0.05) is 42.3 Å². The summed E-state index contributed by atoms with van der Waals surface area (Å²) in [6, 6.07) is 6.96. The highest BCUT2D eigenvalue weighted by Gasteiger charge is 2.25. The topological polar surface area (TPSA) is 66.9 Å². The lowest BCUT2D eigenvalue weighted by Crippen LogP contribution is -2.39. The van der Waals surface area contributed by atoms with Crippen LogP contribution in [0.3, 0.4) is 0 Å². The van der Waals surface area contributed by atoms with Gasteiger partial charge in [0.05, 0.1) is 0 Å². The highest BCUT2D eigenvalue weighted by Crippen LogP contribution is 2.13. The van der Waals surface area contributed by atoms with Crippen LogP contribution in [0.25, 0.3) is 0 Å². The molecule has 2 rings (SSSR count). The van der Waals surface area contributed by atoms with E-state index in [-0.39, 0.29) is 17.8 Å². The number of nitrogens with zero attached hydrogens (tertiary/aromatic N) is 2. The molecule has 1 aliphatic heterocycles. The van der Waals surface area contributed by atoms with Crippen molar-refractivity contribution in [1.29, 1.82) is 0 Å². The maximum Gasteiger partial charge on any atom is 0.410 e. The molecule has 0 aromatic heterocycles. The molecular weight excluding hydrogens is 412 g/mol. The molecule has 0 N–H and O–H groups in total. The number of carbonyl (C=O) groups excluding carboxylic acids is 3. The summed E-state index contributed by atoms with van der Waals surface area (Å²) in [6.45, 7) is 7.38. The first-order valence-electron chi connectivity index (χ1n) is 8.90. The van der Waals surface area contributed by atoms with Crippen molar-refractivity contribution < 1.29 is 19.1 Å². The number of allylic oxidation sites excluding steroid dienone is 1. The van der Waals surface area contributed by atoms with Crippen LogP contribution in [-0.4, -0.2) is 59.4 Å². The van der Waals surface area contributed by atoms with Crippen LogP contribution in [0, 0.1) is 0 Å². The second-order valence-corrected chi connectivity index (χ2v) is 8.27. The highest BCUT2D eigenvalue weighted by molar-refractivity contribution is 9.10. The van der Waals surface area contributed by atoms with Crippen molar-refractivity contribution >= 4 is 33.7 Å². The molecule has 146 valence electrons. The summed E-state index contributed by atoms with van der Waals surface area (Å²) in [4.78, 5) is 40.0. The van der Waals surface area contributed by atoms with Crippen LogP contribution in [-0.2, 0) is 9.53 Å². The number of ketones is 1. The Kier molecular flexibility index (Phi) is 7.18. The van der Waals surface area contributed by atoms with E-state index >= 15 is 0 Å². The monoisotopic (exact) mass is 436 g/mol. The maximum absolute atomic E-state index is 12.4. The molecule has 0 spiro atoms. The van der Waals surface area contributed by atoms with Crippen LogP contribution in [0.5, 0.6) is 0 Å². The van der Waals surface area contributed by atoms with Crippen LogP contribution in [0.4, 0.5) is 4.79 Å². The van der Waals surface area contributed by atoms with Crippen LogP contribution in [0.2, 0.25) is 0 Å². The van der Waals surface area contributed by atoms with Crippen molar-refractivity contribution in [1.82, 2.24) is 9.80 Å². The van der Waals surface area contributed by atoms with Gasteiger partial charge in [-0.25, -0.2) is 4.79 Å². The van der Waals surface area contributed by atoms with Crippen molar-refractivity contribution in [3.8, 4) is 0 Å². The molecule has 0 unspecified atom stereocenters. The maximum atomic E-state index is 12.4. The molecule has 0 saturated carbocycles. The SMILES string of the molecule is CC(C)(C)OC(=O)N1CCCN(C(=O)/C=C/C(=O)c2ccc(Br)cc2)CC1. The summed E-state index contributed by atoms with van der Waals surface area (Å²) in [7, 11) is 0. The molecule has 1 aromatic carbocycles. The van der Waals surface area contributed by atoms with Gasteiger partial charge in [0.1, 0.15) is 5.60 Å². The fraction of sp³-hybridized carbons (Fsp3) is 0.450. The van der Waals surface area contributed by atoms with E-state index in [1.807, 2.05) is 20.8 Å². The predicted octanol–water partition coefficient (Wildman–Crippen LogP) is 3.66. The van der Waals surface area contributed by atoms with E-state index < -0.39 is 5.60 Å². The second kappa shape index (κ2) is 9.17. The Balaban J connectivity index is 1.91. The van der Waals surface area contributed by atoms with Gasteiger partial charge in [0.25, 0.3) is 0 Å². The molecule has 7 heteroatoms. The Hall–Kier alpha value is -2.15. The molecule has 0 bridgehead atoms. The van der Waals surface area contributed by atoms with Crippen LogP contribution in [0.1, 0.15) is 37.6 Å². The molecule has 1 aromatic rings. The summed E-state index contributed by atoms with van der Waals surface area (Å²) in [5, 5.41) is 0. The van der Waals surface area contributed by atoms with Gasteiger partial charge >= 0.3 is 6.09 Å². The average molecular weight is 437 g/mol. The molecule has 2 amide bonds. The van der Waals surface area contributed by atoms with E-state index in [9.17, 15) is 14.4 Å². The van der Waals surface area contributed by atoms with Crippen molar-refractivity contribution in [3.05, 3.63) is 46.5 Å². The summed E-state index contributed by atoms with van der Waals surface area (Å²) < 4.78 is 6.27. The minimum absolute atomic E-state index is 0.221. The Labute approximate surface area is 168 Å². The summed E-state index contributed by atoms with van der Waals surface area (Å²) in [5.41, 5.74) is -0.0242. The standard InChI is InChI=1S/C20H25BrN2O4/c1-20(2,3)27-19(26)23-12-4-11-22(13-14-23)18(25)10-9-17(24)15-5-7-16(21)8-6-15/h5-10H,4,11-14H2,1-3H3/b10-9+.